The Labute approximate surface area is 224 Å². The van der Waals surface area contributed by atoms with Crippen molar-refractivity contribution in [3.63, 3.8) is 0 Å². The van der Waals surface area contributed by atoms with Gasteiger partial charge in [0.25, 0.3) is 5.91 Å². The van der Waals surface area contributed by atoms with Gasteiger partial charge in [0.1, 0.15) is 28.6 Å². The number of phenolic OH excluding ortho intramolecular Hbond substituents is 1. The molecule has 2 saturated carbocycles. The molecule has 0 aromatic heterocycles. The van der Waals surface area contributed by atoms with Crippen LogP contribution in [0.3, 0.4) is 0 Å². The molecule has 4 aliphatic carbocycles. The Kier molecular flexibility index (Phi) is 5.83. The number of ketones is 2. The topological polar surface area (TPSA) is 197 Å². The number of carbonyl (C=O) groups excluding carboxylic acids is 3. The summed E-state index contributed by atoms with van der Waals surface area (Å²) < 4.78 is 5.88. The van der Waals surface area contributed by atoms with E-state index < -0.39 is 58.0 Å². The number of amides is 1. The van der Waals surface area contributed by atoms with Crippen molar-refractivity contribution < 1.29 is 39.5 Å². The molecule has 6 rings (SSSR count). The molecular weight excluding hydrogens is 506 g/mol. The normalized spacial score (nSPS) is 33.0. The maximum atomic E-state index is 13.8. The van der Waals surface area contributed by atoms with Crippen molar-refractivity contribution in [2.24, 2.45) is 23.3 Å². The van der Waals surface area contributed by atoms with Gasteiger partial charge in [-0.1, -0.05) is 6.42 Å². The number of methoxy groups -OCH3 is 1. The van der Waals surface area contributed by atoms with Gasteiger partial charge in [-0.25, -0.2) is 0 Å². The van der Waals surface area contributed by atoms with Crippen LogP contribution in [0.5, 0.6) is 11.5 Å². The molecule has 39 heavy (non-hydrogen) atoms. The number of primary amides is 1. The summed E-state index contributed by atoms with van der Waals surface area (Å²) in [5.74, 6) is -6.69. The molecule has 11 heteroatoms. The number of carbonyl (C=O) groups is 3. The summed E-state index contributed by atoms with van der Waals surface area (Å²) in [4.78, 5) is 40.9. The zero-order valence-corrected chi connectivity index (χ0v) is 21.6. The van der Waals surface area contributed by atoms with Gasteiger partial charge in [0.05, 0.1) is 18.7 Å². The molecule has 1 heterocycles. The van der Waals surface area contributed by atoms with Crippen molar-refractivity contribution in [3.8, 4) is 11.5 Å². The van der Waals surface area contributed by atoms with E-state index in [2.05, 4.69) is 4.90 Å². The lowest BCUT2D eigenvalue weighted by molar-refractivity contribution is -0.149. The molecule has 5 atom stereocenters. The van der Waals surface area contributed by atoms with Gasteiger partial charge in [-0.05, 0) is 57.1 Å². The summed E-state index contributed by atoms with van der Waals surface area (Å²) in [6.07, 6.45) is 5.51. The first-order valence-corrected chi connectivity index (χ1v) is 13.4. The van der Waals surface area contributed by atoms with E-state index in [0.717, 1.165) is 37.8 Å². The van der Waals surface area contributed by atoms with Crippen molar-refractivity contribution in [3.05, 3.63) is 39.7 Å². The van der Waals surface area contributed by atoms with Gasteiger partial charge in [0, 0.05) is 34.7 Å². The SMILES string of the molecule is COc1c([C@@H]2CCCN2C2CCC2)cc(O)c2c1C[C@H]1C[C@H]3[C@H](N)C(=O)C(C(N)=O)=C(O)[C@@]3(O)C(=O)C1=C2O. The number of hydrogen-bond acceptors (Lipinski definition) is 10. The van der Waals surface area contributed by atoms with Crippen LogP contribution in [-0.4, -0.2) is 74.1 Å². The van der Waals surface area contributed by atoms with E-state index in [-0.39, 0.29) is 35.8 Å². The van der Waals surface area contributed by atoms with Gasteiger partial charge in [-0.15, -0.1) is 0 Å². The monoisotopic (exact) mass is 539 g/mol. The second kappa shape index (κ2) is 8.80. The van der Waals surface area contributed by atoms with Gasteiger partial charge in [-0.3, -0.25) is 19.3 Å². The number of nitrogens with two attached hydrogens (primary N) is 2. The highest BCUT2D eigenvalue weighted by molar-refractivity contribution is 6.24. The molecule has 5 aliphatic rings. The number of aromatic hydroxyl groups is 1. The summed E-state index contributed by atoms with van der Waals surface area (Å²) in [7, 11) is 1.53. The maximum absolute atomic E-state index is 13.8. The predicted molar refractivity (Wildman–Crippen MR) is 138 cm³/mol. The number of phenols is 1. The quantitative estimate of drug-likeness (QED) is 0.301. The second-order valence-corrected chi connectivity index (χ2v) is 11.4. The molecule has 1 aromatic carbocycles. The standard InChI is InChI=1S/C28H33N3O8/c1-39-24-13(16-6-3-7-31(16)12-4-2-5-12)10-17(32)19-14(24)8-11-9-15-21(29)23(34)20(27(30)37)26(36)28(15,38)25(35)18(11)22(19)33/h10-12,15-16,21,32-33,36,38H,2-9,29H2,1H3,(H2,30,37)/t11-,15-,16-,21-,28-/m0/s1. The number of fused-ring (bicyclic) bond motifs is 3. The summed E-state index contributed by atoms with van der Waals surface area (Å²) in [6, 6.07) is 0.647. The molecule has 3 fully saturated rings. The van der Waals surface area contributed by atoms with Crippen LogP contribution in [0.25, 0.3) is 5.76 Å². The predicted octanol–water partition coefficient (Wildman–Crippen LogP) is 1.06. The molecular formula is C28H33N3O8. The lowest BCUT2D eigenvalue weighted by atomic mass is 9.58. The molecule has 1 amide bonds. The Morgan fingerprint density at radius 2 is 1.87 bits per heavy atom. The second-order valence-electron chi connectivity index (χ2n) is 11.4. The molecule has 208 valence electrons. The van der Waals surface area contributed by atoms with Crippen LogP contribution in [0.15, 0.2) is 23.0 Å². The van der Waals surface area contributed by atoms with Crippen LogP contribution >= 0.6 is 0 Å². The Morgan fingerprint density at radius 1 is 1.15 bits per heavy atom. The van der Waals surface area contributed by atoms with Gasteiger partial charge in [0.2, 0.25) is 5.78 Å². The number of aliphatic hydroxyl groups excluding tert-OH is 2. The lowest BCUT2D eigenvalue weighted by Gasteiger charge is -2.48. The first kappa shape index (κ1) is 25.8. The summed E-state index contributed by atoms with van der Waals surface area (Å²) in [5.41, 5.74) is 8.89. The van der Waals surface area contributed by atoms with E-state index in [9.17, 15) is 34.8 Å². The third-order valence-corrected chi connectivity index (χ3v) is 9.63. The van der Waals surface area contributed by atoms with Crippen LogP contribution in [-0.2, 0) is 20.8 Å². The number of likely N-dealkylation sites (tertiary alicyclic amines) is 1. The Morgan fingerprint density at radius 3 is 2.49 bits per heavy atom. The fourth-order valence-electron chi connectivity index (χ4n) is 7.56. The van der Waals surface area contributed by atoms with Gasteiger partial charge >= 0.3 is 0 Å². The van der Waals surface area contributed by atoms with Crippen molar-refractivity contribution in [1.82, 2.24) is 4.90 Å². The van der Waals surface area contributed by atoms with Crippen LogP contribution in [0.4, 0.5) is 0 Å². The molecule has 0 radical (unpaired) electrons. The van der Waals surface area contributed by atoms with Crippen molar-refractivity contribution in [1.29, 1.82) is 0 Å². The summed E-state index contributed by atoms with van der Waals surface area (Å²) >= 11 is 0. The minimum Gasteiger partial charge on any atom is -0.508 e. The van der Waals surface area contributed by atoms with Gasteiger partial charge < -0.3 is 36.6 Å². The number of Topliss-reactive ketones (excluding diaryl/α,β-unsaturated/α-hetero) is 2. The average molecular weight is 540 g/mol. The van der Waals surface area contributed by atoms with Gasteiger partial charge in [0.15, 0.2) is 11.4 Å². The molecule has 0 bridgehead atoms. The average Bonchev–Trinajstić information content (AvgIpc) is 3.32. The Balaban J connectivity index is 1.49. The molecule has 1 aliphatic heterocycles. The minimum atomic E-state index is -2.72. The number of hydrogen-bond donors (Lipinski definition) is 6. The maximum Gasteiger partial charge on any atom is 0.255 e. The number of nitrogens with zero attached hydrogens (tertiary/aromatic N) is 1. The van der Waals surface area contributed by atoms with Crippen LogP contribution < -0.4 is 16.2 Å². The zero-order valence-electron chi connectivity index (χ0n) is 21.6. The van der Waals surface area contributed by atoms with E-state index in [1.54, 1.807) is 6.07 Å². The molecule has 0 unspecified atom stereocenters. The molecule has 8 N–H and O–H groups in total. The first-order valence-electron chi connectivity index (χ1n) is 13.4. The smallest absolute Gasteiger partial charge is 0.255 e. The van der Waals surface area contributed by atoms with Crippen LogP contribution in [0, 0.1) is 11.8 Å². The molecule has 0 spiro atoms. The van der Waals surface area contributed by atoms with Crippen molar-refractivity contribution >= 4 is 23.2 Å². The van der Waals surface area contributed by atoms with Crippen LogP contribution in [0.1, 0.15) is 61.3 Å². The van der Waals surface area contributed by atoms with Gasteiger partial charge in [-0.2, -0.15) is 0 Å². The Hall–Kier alpha value is -3.41. The Bertz CT molecular complexity index is 1380. The largest absolute Gasteiger partial charge is 0.508 e. The third-order valence-electron chi connectivity index (χ3n) is 9.63. The third kappa shape index (κ3) is 3.36. The number of rotatable bonds is 4. The van der Waals surface area contributed by atoms with E-state index in [1.165, 1.54) is 13.5 Å². The molecule has 1 aromatic rings. The first-order chi connectivity index (χ1) is 18.5. The minimum absolute atomic E-state index is 0.0280. The summed E-state index contributed by atoms with van der Waals surface area (Å²) in [5, 5.41) is 44.8. The van der Waals surface area contributed by atoms with E-state index in [0.29, 0.717) is 17.4 Å². The summed E-state index contributed by atoms with van der Waals surface area (Å²) in [6.45, 7) is 0.958. The van der Waals surface area contributed by atoms with E-state index in [4.69, 9.17) is 16.2 Å². The van der Waals surface area contributed by atoms with E-state index in [1.807, 2.05) is 0 Å². The number of aliphatic hydroxyl groups is 3. The van der Waals surface area contributed by atoms with E-state index >= 15 is 0 Å². The van der Waals surface area contributed by atoms with Crippen molar-refractivity contribution in [2.75, 3.05) is 13.7 Å². The fourth-order valence-corrected chi connectivity index (χ4v) is 7.56. The number of ether oxygens (including phenoxy) is 1. The molecule has 11 nitrogen and oxygen atoms in total. The lowest BCUT2D eigenvalue weighted by Crippen LogP contribution is -2.65. The highest BCUT2D eigenvalue weighted by Crippen LogP contribution is 2.55. The number of benzene rings is 1. The highest BCUT2D eigenvalue weighted by atomic mass is 16.5. The van der Waals surface area contributed by atoms with Crippen molar-refractivity contribution in [2.45, 2.75) is 68.7 Å². The fraction of sp³-hybridized carbons (Fsp3) is 0.536. The highest BCUT2D eigenvalue weighted by Gasteiger charge is 2.63. The van der Waals surface area contributed by atoms with Crippen LogP contribution in [0.2, 0.25) is 0 Å². The zero-order chi connectivity index (χ0) is 28.0. The molecule has 1 saturated heterocycles.